The van der Waals surface area contributed by atoms with Crippen LogP contribution in [0.4, 0.5) is 0 Å². The number of thiophene rings is 1. The first-order valence-corrected chi connectivity index (χ1v) is 5.33. The molecule has 0 saturated heterocycles. The fourth-order valence-corrected chi connectivity index (χ4v) is 2.91. The van der Waals surface area contributed by atoms with Gasteiger partial charge in [-0.1, -0.05) is 6.92 Å². The van der Waals surface area contributed by atoms with Gasteiger partial charge in [0.2, 0.25) is 0 Å². The summed E-state index contributed by atoms with van der Waals surface area (Å²) in [6, 6.07) is 1.84. The quantitative estimate of drug-likeness (QED) is 0.812. The number of carbonyl (C=O) groups is 2. The molecule has 2 rings (SSSR count). The van der Waals surface area contributed by atoms with Crippen LogP contribution in [-0.2, 0) is 11.2 Å². The smallest absolute Gasteiger partial charge is 0.312 e. The number of hydrogen-bond acceptors (Lipinski definition) is 3. The van der Waals surface area contributed by atoms with Crippen LogP contribution in [0.25, 0.3) is 0 Å². The SMILES string of the molecule is CCc1cc2c(s1)C(C(=O)O)CC2=O. The molecule has 0 fully saturated rings. The number of Topliss-reactive ketones (excluding diaryl/α,β-unsaturated/α-hetero) is 1. The monoisotopic (exact) mass is 210 g/mol. The molecular formula is C10H10O3S. The van der Waals surface area contributed by atoms with Crippen molar-refractivity contribution in [3.8, 4) is 0 Å². The number of carboxylic acids is 1. The van der Waals surface area contributed by atoms with Crippen molar-refractivity contribution < 1.29 is 14.7 Å². The van der Waals surface area contributed by atoms with Crippen LogP contribution in [0.15, 0.2) is 6.07 Å². The number of carbonyl (C=O) groups excluding carboxylic acids is 1. The number of hydrogen-bond donors (Lipinski definition) is 1. The molecule has 1 aliphatic carbocycles. The Bertz CT molecular complexity index is 405. The van der Waals surface area contributed by atoms with Gasteiger partial charge in [0.25, 0.3) is 0 Å². The van der Waals surface area contributed by atoms with E-state index in [1.807, 2.05) is 13.0 Å². The molecule has 1 atom stereocenters. The summed E-state index contributed by atoms with van der Waals surface area (Å²) in [5.41, 5.74) is 0.638. The average Bonchev–Trinajstić information content (AvgIpc) is 2.66. The second kappa shape index (κ2) is 3.20. The molecule has 1 aliphatic rings. The molecule has 0 radical (unpaired) electrons. The Morgan fingerprint density at radius 1 is 1.71 bits per heavy atom. The summed E-state index contributed by atoms with van der Waals surface area (Å²) in [6.07, 6.45) is 0.998. The number of fused-ring (bicyclic) bond motifs is 1. The Morgan fingerprint density at radius 3 is 3.00 bits per heavy atom. The first-order chi connectivity index (χ1) is 6.63. The molecule has 4 heteroatoms. The van der Waals surface area contributed by atoms with Crippen molar-refractivity contribution in [2.24, 2.45) is 0 Å². The van der Waals surface area contributed by atoms with Crippen LogP contribution in [-0.4, -0.2) is 16.9 Å². The number of aliphatic carboxylic acids is 1. The molecule has 1 unspecified atom stereocenters. The molecule has 0 spiro atoms. The van der Waals surface area contributed by atoms with Crippen LogP contribution in [0.3, 0.4) is 0 Å². The first kappa shape index (κ1) is 9.40. The maximum absolute atomic E-state index is 11.5. The van der Waals surface area contributed by atoms with E-state index in [0.717, 1.165) is 16.2 Å². The number of rotatable bonds is 2. The Hall–Kier alpha value is -1.16. The maximum Gasteiger partial charge on any atom is 0.312 e. The van der Waals surface area contributed by atoms with E-state index in [2.05, 4.69) is 0 Å². The Morgan fingerprint density at radius 2 is 2.43 bits per heavy atom. The van der Waals surface area contributed by atoms with E-state index in [4.69, 9.17) is 5.11 Å². The third-order valence-electron chi connectivity index (χ3n) is 2.46. The van der Waals surface area contributed by atoms with E-state index >= 15 is 0 Å². The lowest BCUT2D eigenvalue weighted by Gasteiger charge is -2.00. The molecule has 3 nitrogen and oxygen atoms in total. The van der Waals surface area contributed by atoms with Gasteiger partial charge in [0.05, 0.1) is 5.92 Å². The van der Waals surface area contributed by atoms with Crippen molar-refractivity contribution in [2.75, 3.05) is 0 Å². The lowest BCUT2D eigenvalue weighted by molar-refractivity contribution is -0.138. The molecule has 0 aliphatic heterocycles. The van der Waals surface area contributed by atoms with Gasteiger partial charge in [0.1, 0.15) is 0 Å². The van der Waals surface area contributed by atoms with Crippen LogP contribution >= 0.6 is 11.3 Å². The van der Waals surface area contributed by atoms with E-state index in [0.29, 0.717) is 5.56 Å². The summed E-state index contributed by atoms with van der Waals surface area (Å²) in [5.74, 6) is -1.51. The van der Waals surface area contributed by atoms with E-state index in [-0.39, 0.29) is 12.2 Å². The van der Waals surface area contributed by atoms with Crippen LogP contribution in [0.5, 0.6) is 0 Å². The average molecular weight is 210 g/mol. The minimum absolute atomic E-state index is 0.0247. The standard InChI is InChI=1S/C10H10O3S/c1-2-5-3-6-8(11)4-7(10(12)13)9(6)14-5/h3,7H,2,4H2,1H3,(H,12,13). The second-order valence-corrected chi connectivity index (χ2v) is 4.53. The van der Waals surface area contributed by atoms with E-state index in [9.17, 15) is 9.59 Å². The van der Waals surface area contributed by atoms with Crippen molar-refractivity contribution in [3.05, 3.63) is 21.4 Å². The third-order valence-corrected chi connectivity index (χ3v) is 3.86. The number of ketones is 1. The molecule has 0 saturated carbocycles. The van der Waals surface area contributed by atoms with Crippen LogP contribution in [0.2, 0.25) is 0 Å². The highest BCUT2D eigenvalue weighted by Gasteiger charge is 2.36. The van der Waals surface area contributed by atoms with E-state index < -0.39 is 11.9 Å². The molecule has 1 aromatic rings. The van der Waals surface area contributed by atoms with Gasteiger partial charge in [-0.25, -0.2) is 0 Å². The zero-order chi connectivity index (χ0) is 10.3. The van der Waals surface area contributed by atoms with Gasteiger partial charge in [-0.15, -0.1) is 11.3 Å². The van der Waals surface area contributed by atoms with Gasteiger partial charge in [-0.3, -0.25) is 9.59 Å². The summed E-state index contributed by atoms with van der Waals surface area (Å²) in [6.45, 7) is 2.00. The van der Waals surface area contributed by atoms with Crippen LogP contribution in [0, 0.1) is 0 Å². The molecule has 14 heavy (non-hydrogen) atoms. The van der Waals surface area contributed by atoms with Crippen molar-refractivity contribution in [3.63, 3.8) is 0 Å². The third kappa shape index (κ3) is 1.26. The molecule has 0 aromatic carbocycles. The largest absolute Gasteiger partial charge is 0.481 e. The molecule has 1 aromatic heterocycles. The predicted molar refractivity (Wildman–Crippen MR) is 53.0 cm³/mol. The summed E-state index contributed by atoms with van der Waals surface area (Å²) in [5, 5.41) is 8.91. The van der Waals surface area contributed by atoms with E-state index in [1.165, 1.54) is 11.3 Å². The Balaban J connectivity index is 2.46. The normalized spacial score (nSPS) is 19.8. The number of aryl methyl sites for hydroxylation is 1. The predicted octanol–water partition coefficient (Wildman–Crippen LogP) is 2.07. The lowest BCUT2D eigenvalue weighted by atomic mass is 10.1. The van der Waals surface area contributed by atoms with Crippen molar-refractivity contribution in [1.29, 1.82) is 0 Å². The minimum atomic E-state index is -0.887. The molecule has 0 amide bonds. The Labute approximate surface area is 85.4 Å². The Kier molecular flexibility index (Phi) is 2.15. The van der Waals surface area contributed by atoms with Crippen molar-refractivity contribution in [1.82, 2.24) is 0 Å². The highest BCUT2D eigenvalue weighted by molar-refractivity contribution is 7.12. The van der Waals surface area contributed by atoms with Gasteiger partial charge in [-0.05, 0) is 12.5 Å². The van der Waals surface area contributed by atoms with Crippen LogP contribution < -0.4 is 0 Å². The topological polar surface area (TPSA) is 54.4 Å². The maximum atomic E-state index is 11.5. The summed E-state index contributed by atoms with van der Waals surface area (Å²) in [4.78, 5) is 24.2. The summed E-state index contributed by atoms with van der Waals surface area (Å²) < 4.78 is 0. The van der Waals surface area contributed by atoms with E-state index in [1.54, 1.807) is 0 Å². The molecule has 74 valence electrons. The van der Waals surface area contributed by atoms with Crippen molar-refractivity contribution >= 4 is 23.1 Å². The van der Waals surface area contributed by atoms with Gasteiger partial charge in [-0.2, -0.15) is 0 Å². The second-order valence-electron chi connectivity index (χ2n) is 3.36. The fraction of sp³-hybridized carbons (Fsp3) is 0.400. The van der Waals surface area contributed by atoms with Gasteiger partial charge >= 0.3 is 5.97 Å². The highest BCUT2D eigenvalue weighted by Crippen LogP contribution is 2.39. The first-order valence-electron chi connectivity index (χ1n) is 4.52. The zero-order valence-corrected chi connectivity index (χ0v) is 8.56. The van der Waals surface area contributed by atoms with Crippen LogP contribution in [0.1, 0.15) is 39.4 Å². The minimum Gasteiger partial charge on any atom is -0.481 e. The zero-order valence-electron chi connectivity index (χ0n) is 7.74. The van der Waals surface area contributed by atoms with Gasteiger partial charge < -0.3 is 5.11 Å². The molecular weight excluding hydrogens is 200 g/mol. The molecule has 1 heterocycles. The lowest BCUT2D eigenvalue weighted by Crippen LogP contribution is -2.07. The summed E-state index contributed by atoms with van der Waals surface area (Å²) in [7, 11) is 0. The number of carboxylic acid groups (broad SMARTS) is 1. The highest BCUT2D eigenvalue weighted by atomic mass is 32.1. The summed E-state index contributed by atoms with van der Waals surface area (Å²) >= 11 is 1.46. The van der Waals surface area contributed by atoms with Gasteiger partial charge in [0.15, 0.2) is 5.78 Å². The van der Waals surface area contributed by atoms with Crippen molar-refractivity contribution in [2.45, 2.75) is 25.7 Å². The molecule has 1 N–H and O–H groups in total. The van der Waals surface area contributed by atoms with Gasteiger partial charge in [0, 0.05) is 21.7 Å². The molecule has 0 bridgehead atoms. The fourth-order valence-electron chi connectivity index (χ4n) is 1.70.